The molecule has 0 radical (unpaired) electrons. The molecule has 0 N–H and O–H groups in total. The van der Waals surface area contributed by atoms with Crippen molar-refractivity contribution >= 4 is 0 Å². The lowest BCUT2D eigenvalue weighted by molar-refractivity contribution is 0.0762. The first kappa shape index (κ1) is 11.7. The molecule has 0 unspecified atom stereocenters. The van der Waals surface area contributed by atoms with E-state index in [9.17, 15) is 0 Å². The van der Waals surface area contributed by atoms with Gasteiger partial charge in [-0.3, -0.25) is 0 Å². The van der Waals surface area contributed by atoms with Crippen LogP contribution in [0.1, 0.15) is 44.7 Å². The number of aryl methyl sites for hydroxylation is 1. The topological polar surface area (TPSA) is 0 Å². The number of hydrogen-bond acceptors (Lipinski definition) is 0. The summed E-state index contributed by atoms with van der Waals surface area (Å²) >= 11 is 0. The standard InChI is InChI=1S/C16H24/c1-12-5-7-13(8-6-12)9-14-10-15(11-14)16(2,3)4/h5-8,14-15H,9-11H2,1-4H3. The third kappa shape index (κ3) is 2.66. The Labute approximate surface area is 100 Å². The minimum absolute atomic E-state index is 0.518. The highest BCUT2D eigenvalue weighted by Crippen LogP contribution is 2.46. The van der Waals surface area contributed by atoms with Gasteiger partial charge in [-0.1, -0.05) is 50.6 Å². The Bertz CT molecular complexity index is 333. The van der Waals surface area contributed by atoms with Gasteiger partial charge in [-0.2, -0.15) is 0 Å². The third-order valence-electron chi connectivity index (χ3n) is 4.11. The van der Waals surface area contributed by atoms with Crippen LogP contribution in [0.3, 0.4) is 0 Å². The Morgan fingerprint density at radius 2 is 1.62 bits per heavy atom. The predicted octanol–water partition coefficient (Wildman–Crippen LogP) is 4.61. The van der Waals surface area contributed by atoms with Crippen molar-refractivity contribution in [3.63, 3.8) is 0 Å². The van der Waals surface area contributed by atoms with E-state index in [2.05, 4.69) is 52.0 Å². The summed E-state index contributed by atoms with van der Waals surface area (Å²) < 4.78 is 0. The van der Waals surface area contributed by atoms with Crippen LogP contribution in [0.25, 0.3) is 0 Å². The van der Waals surface area contributed by atoms with Gasteiger partial charge in [0.1, 0.15) is 0 Å². The van der Waals surface area contributed by atoms with Gasteiger partial charge in [-0.25, -0.2) is 0 Å². The number of rotatable bonds is 2. The van der Waals surface area contributed by atoms with Gasteiger partial charge >= 0.3 is 0 Å². The van der Waals surface area contributed by atoms with Gasteiger partial charge in [-0.15, -0.1) is 0 Å². The summed E-state index contributed by atoms with van der Waals surface area (Å²) in [4.78, 5) is 0. The summed E-state index contributed by atoms with van der Waals surface area (Å²) in [7, 11) is 0. The van der Waals surface area contributed by atoms with Crippen LogP contribution in [-0.2, 0) is 6.42 Å². The molecule has 1 aliphatic carbocycles. The molecular weight excluding hydrogens is 192 g/mol. The van der Waals surface area contributed by atoms with Crippen LogP contribution < -0.4 is 0 Å². The van der Waals surface area contributed by atoms with Gasteiger partial charge in [0.05, 0.1) is 0 Å². The van der Waals surface area contributed by atoms with E-state index in [-0.39, 0.29) is 0 Å². The Balaban J connectivity index is 1.84. The molecule has 0 heterocycles. The molecule has 0 aliphatic heterocycles. The van der Waals surface area contributed by atoms with Gasteiger partial charge in [0.15, 0.2) is 0 Å². The van der Waals surface area contributed by atoms with Crippen molar-refractivity contribution in [1.82, 2.24) is 0 Å². The zero-order chi connectivity index (χ0) is 11.8. The average Bonchev–Trinajstić information content (AvgIpc) is 2.11. The maximum Gasteiger partial charge on any atom is -0.0250 e. The van der Waals surface area contributed by atoms with Crippen molar-refractivity contribution in [2.75, 3.05) is 0 Å². The molecule has 1 aromatic rings. The third-order valence-corrected chi connectivity index (χ3v) is 4.11. The number of benzene rings is 1. The van der Waals surface area contributed by atoms with E-state index < -0.39 is 0 Å². The van der Waals surface area contributed by atoms with Crippen LogP contribution in [0.15, 0.2) is 24.3 Å². The maximum atomic E-state index is 2.37. The molecule has 88 valence electrons. The van der Waals surface area contributed by atoms with Crippen molar-refractivity contribution < 1.29 is 0 Å². The van der Waals surface area contributed by atoms with Gasteiger partial charge in [0, 0.05) is 0 Å². The average molecular weight is 216 g/mol. The van der Waals surface area contributed by atoms with Crippen LogP contribution in [-0.4, -0.2) is 0 Å². The highest BCUT2D eigenvalue weighted by molar-refractivity contribution is 5.22. The van der Waals surface area contributed by atoms with Crippen LogP contribution >= 0.6 is 0 Å². The van der Waals surface area contributed by atoms with Crippen LogP contribution in [0.5, 0.6) is 0 Å². The Kier molecular flexibility index (Phi) is 3.10. The predicted molar refractivity (Wildman–Crippen MR) is 70.6 cm³/mol. The van der Waals surface area contributed by atoms with Gasteiger partial charge < -0.3 is 0 Å². The zero-order valence-electron chi connectivity index (χ0n) is 11.1. The molecular formula is C16H24. The van der Waals surface area contributed by atoms with Crippen LogP contribution in [0.4, 0.5) is 0 Å². The van der Waals surface area contributed by atoms with Crippen molar-refractivity contribution in [3.8, 4) is 0 Å². The molecule has 0 heteroatoms. The van der Waals surface area contributed by atoms with Gasteiger partial charge in [0.25, 0.3) is 0 Å². The Morgan fingerprint density at radius 3 is 2.12 bits per heavy atom. The molecule has 1 fully saturated rings. The van der Waals surface area contributed by atoms with E-state index in [1.807, 2.05) is 0 Å². The largest absolute Gasteiger partial charge is 0.0599 e. The smallest absolute Gasteiger partial charge is 0.0250 e. The summed E-state index contributed by atoms with van der Waals surface area (Å²) in [5.74, 6) is 1.88. The normalized spacial score (nSPS) is 25.2. The SMILES string of the molecule is Cc1ccc(CC2CC(C(C)(C)C)C2)cc1. The molecule has 0 saturated heterocycles. The minimum atomic E-state index is 0.518. The minimum Gasteiger partial charge on any atom is -0.0599 e. The molecule has 16 heavy (non-hydrogen) atoms. The first-order chi connectivity index (χ1) is 7.45. The molecule has 1 aromatic carbocycles. The van der Waals surface area contributed by atoms with E-state index in [4.69, 9.17) is 0 Å². The lowest BCUT2D eigenvalue weighted by atomic mass is 9.62. The van der Waals surface area contributed by atoms with E-state index in [1.54, 1.807) is 0 Å². The van der Waals surface area contributed by atoms with E-state index in [1.165, 1.54) is 30.4 Å². The van der Waals surface area contributed by atoms with Gasteiger partial charge in [0.2, 0.25) is 0 Å². The second-order valence-corrected chi connectivity index (χ2v) is 6.59. The monoisotopic (exact) mass is 216 g/mol. The molecule has 1 saturated carbocycles. The van der Waals surface area contributed by atoms with E-state index in [0.29, 0.717) is 5.41 Å². The lowest BCUT2D eigenvalue weighted by Crippen LogP contribution is -2.34. The second kappa shape index (κ2) is 4.24. The molecule has 0 nitrogen and oxygen atoms in total. The van der Waals surface area contributed by atoms with E-state index >= 15 is 0 Å². The summed E-state index contributed by atoms with van der Waals surface area (Å²) in [5.41, 5.74) is 3.40. The molecule has 0 spiro atoms. The fourth-order valence-corrected chi connectivity index (χ4v) is 2.67. The van der Waals surface area contributed by atoms with Crippen molar-refractivity contribution in [3.05, 3.63) is 35.4 Å². The molecule has 0 amide bonds. The maximum absolute atomic E-state index is 2.37. The first-order valence-corrected chi connectivity index (χ1v) is 6.50. The van der Waals surface area contributed by atoms with Crippen LogP contribution in [0.2, 0.25) is 0 Å². The highest BCUT2D eigenvalue weighted by atomic mass is 14.4. The summed E-state index contributed by atoms with van der Waals surface area (Å²) in [6.07, 6.45) is 4.14. The van der Waals surface area contributed by atoms with Crippen molar-refractivity contribution in [2.24, 2.45) is 17.3 Å². The Morgan fingerprint density at radius 1 is 1.06 bits per heavy atom. The molecule has 0 atom stereocenters. The highest BCUT2D eigenvalue weighted by Gasteiger charge is 2.36. The summed E-state index contributed by atoms with van der Waals surface area (Å²) in [5, 5.41) is 0. The first-order valence-electron chi connectivity index (χ1n) is 6.50. The number of hydrogen-bond donors (Lipinski definition) is 0. The Hall–Kier alpha value is -0.780. The molecule has 0 aromatic heterocycles. The second-order valence-electron chi connectivity index (χ2n) is 6.59. The quantitative estimate of drug-likeness (QED) is 0.677. The zero-order valence-corrected chi connectivity index (χ0v) is 11.1. The summed E-state index contributed by atoms with van der Waals surface area (Å²) in [6, 6.07) is 9.05. The van der Waals surface area contributed by atoms with Gasteiger partial charge in [-0.05, 0) is 49.0 Å². The lowest BCUT2D eigenvalue weighted by Gasteiger charge is -2.44. The molecule has 0 bridgehead atoms. The van der Waals surface area contributed by atoms with Crippen molar-refractivity contribution in [1.29, 1.82) is 0 Å². The fraction of sp³-hybridized carbons (Fsp3) is 0.625. The summed E-state index contributed by atoms with van der Waals surface area (Å²) in [6.45, 7) is 9.28. The molecule has 1 aliphatic rings. The van der Waals surface area contributed by atoms with Crippen molar-refractivity contribution in [2.45, 2.75) is 47.0 Å². The fourth-order valence-electron chi connectivity index (χ4n) is 2.67. The molecule has 2 rings (SSSR count). The van der Waals surface area contributed by atoms with E-state index in [0.717, 1.165) is 11.8 Å². The van der Waals surface area contributed by atoms with Crippen LogP contribution in [0, 0.1) is 24.2 Å².